The van der Waals surface area contributed by atoms with Crippen LogP contribution in [-0.2, 0) is 6.42 Å². The molecule has 2 aromatic rings. The van der Waals surface area contributed by atoms with Crippen LogP contribution in [0.5, 0.6) is 0 Å². The van der Waals surface area contributed by atoms with Gasteiger partial charge in [0.2, 0.25) is 0 Å². The van der Waals surface area contributed by atoms with Crippen LogP contribution in [0.1, 0.15) is 49.4 Å². The first-order chi connectivity index (χ1) is 10.1. The molecule has 21 heavy (non-hydrogen) atoms. The maximum atomic E-state index is 5.90. The molecule has 112 valence electrons. The molecule has 0 spiro atoms. The van der Waals surface area contributed by atoms with E-state index < -0.39 is 0 Å². The number of halogens is 1. The minimum atomic E-state index is 0.374. The Balaban J connectivity index is 1.83. The second-order valence-corrected chi connectivity index (χ2v) is 6.31. The first-order valence-electron chi connectivity index (χ1n) is 7.64. The van der Waals surface area contributed by atoms with Crippen LogP contribution < -0.4 is 5.32 Å². The highest BCUT2D eigenvalue weighted by molar-refractivity contribution is 6.30. The molecular formula is C19H24ClN. The summed E-state index contributed by atoms with van der Waals surface area (Å²) in [5.74, 6) is 0.590. The SMILES string of the molecule is CC(C)c1ccc(C(C)NCCc2ccc(Cl)cc2)cc1. The number of hydrogen-bond acceptors (Lipinski definition) is 1. The monoisotopic (exact) mass is 301 g/mol. The van der Waals surface area contributed by atoms with E-state index in [0.29, 0.717) is 12.0 Å². The molecule has 0 radical (unpaired) electrons. The van der Waals surface area contributed by atoms with E-state index in [4.69, 9.17) is 11.6 Å². The van der Waals surface area contributed by atoms with Crippen molar-refractivity contribution in [3.05, 3.63) is 70.2 Å². The Kier molecular flexibility index (Phi) is 5.84. The summed E-state index contributed by atoms with van der Waals surface area (Å²) >= 11 is 5.90. The zero-order chi connectivity index (χ0) is 15.2. The van der Waals surface area contributed by atoms with Crippen molar-refractivity contribution in [2.24, 2.45) is 0 Å². The van der Waals surface area contributed by atoms with Gasteiger partial charge in [-0.3, -0.25) is 0 Å². The van der Waals surface area contributed by atoms with E-state index in [1.54, 1.807) is 0 Å². The summed E-state index contributed by atoms with van der Waals surface area (Å²) < 4.78 is 0. The highest BCUT2D eigenvalue weighted by Gasteiger charge is 2.05. The predicted octanol–water partition coefficient (Wildman–Crippen LogP) is 5.36. The minimum Gasteiger partial charge on any atom is -0.310 e. The van der Waals surface area contributed by atoms with Gasteiger partial charge in [0, 0.05) is 11.1 Å². The molecule has 0 amide bonds. The molecule has 2 aromatic carbocycles. The molecular weight excluding hydrogens is 278 g/mol. The Morgan fingerprint density at radius 1 is 0.857 bits per heavy atom. The lowest BCUT2D eigenvalue weighted by molar-refractivity contribution is 0.576. The number of nitrogens with one attached hydrogen (secondary N) is 1. The molecule has 1 nitrogen and oxygen atoms in total. The van der Waals surface area contributed by atoms with Gasteiger partial charge in [-0.2, -0.15) is 0 Å². The van der Waals surface area contributed by atoms with Gasteiger partial charge in [0.25, 0.3) is 0 Å². The summed E-state index contributed by atoms with van der Waals surface area (Å²) in [5, 5.41) is 4.37. The Morgan fingerprint density at radius 3 is 2.00 bits per heavy atom. The maximum Gasteiger partial charge on any atom is 0.0406 e. The van der Waals surface area contributed by atoms with Crippen molar-refractivity contribution in [1.29, 1.82) is 0 Å². The predicted molar refractivity (Wildman–Crippen MR) is 92.1 cm³/mol. The van der Waals surface area contributed by atoms with Crippen LogP contribution >= 0.6 is 11.6 Å². The normalized spacial score (nSPS) is 12.6. The second kappa shape index (κ2) is 7.63. The summed E-state index contributed by atoms with van der Waals surface area (Å²) in [6.07, 6.45) is 1.02. The highest BCUT2D eigenvalue weighted by Crippen LogP contribution is 2.18. The topological polar surface area (TPSA) is 12.0 Å². The van der Waals surface area contributed by atoms with Gasteiger partial charge in [0.15, 0.2) is 0 Å². The Hall–Kier alpha value is -1.31. The molecule has 0 saturated heterocycles. The molecule has 0 bridgehead atoms. The van der Waals surface area contributed by atoms with Crippen molar-refractivity contribution < 1.29 is 0 Å². The van der Waals surface area contributed by atoms with E-state index >= 15 is 0 Å². The third-order valence-electron chi connectivity index (χ3n) is 3.88. The lowest BCUT2D eigenvalue weighted by Crippen LogP contribution is -2.21. The van der Waals surface area contributed by atoms with Gasteiger partial charge in [-0.1, -0.05) is 61.8 Å². The number of rotatable bonds is 6. The van der Waals surface area contributed by atoms with Crippen molar-refractivity contribution in [2.45, 2.75) is 39.2 Å². The fourth-order valence-corrected chi connectivity index (χ4v) is 2.50. The van der Waals surface area contributed by atoms with Gasteiger partial charge in [0.05, 0.1) is 0 Å². The zero-order valence-corrected chi connectivity index (χ0v) is 13.8. The van der Waals surface area contributed by atoms with Crippen molar-refractivity contribution in [1.82, 2.24) is 5.32 Å². The Morgan fingerprint density at radius 2 is 1.43 bits per heavy atom. The number of benzene rings is 2. The Labute approximate surface area is 133 Å². The zero-order valence-electron chi connectivity index (χ0n) is 13.1. The third-order valence-corrected chi connectivity index (χ3v) is 4.13. The molecule has 0 saturated carbocycles. The van der Waals surface area contributed by atoms with Crippen LogP contribution in [0.2, 0.25) is 5.02 Å². The van der Waals surface area contributed by atoms with Crippen molar-refractivity contribution in [2.75, 3.05) is 6.54 Å². The molecule has 2 heteroatoms. The molecule has 1 N–H and O–H groups in total. The van der Waals surface area contributed by atoms with Gasteiger partial charge in [-0.25, -0.2) is 0 Å². The first-order valence-corrected chi connectivity index (χ1v) is 8.01. The van der Waals surface area contributed by atoms with E-state index in [2.05, 4.69) is 62.5 Å². The van der Waals surface area contributed by atoms with Crippen LogP contribution in [-0.4, -0.2) is 6.54 Å². The summed E-state index contributed by atoms with van der Waals surface area (Å²) in [4.78, 5) is 0. The van der Waals surface area contributed by atoms with Crippen LogP contribution in [0.3, 0.4) is 0 Å². The van der Waals surface area contributed by atoms with Crippen molar-refractivity contribution >= 4 is 11.6 Å². The average Bonchev–Trinajstić information content (AvgIpc) is 2.49. The van der Waals surface area contributed by atoms with Crippen molar-refractivity contribution in [3.63, 3.8) is 0 Å². The largest absolute Gasteiger partial charge is 0.310 e. The van der Waals surface area contributed by atoms with Gasteiger partial charge in [-0.15, -0.1) is 0 Å². The molecule has 2 rings (SSSR count). The lowest BCUT2D eigenvalue weighted by atomic mass is 9.99. The second-order valence-electron chi connectivity index (χ2n) is 5.87. The molecule has 1 atom stereocenters. The molecule has 0 aliphatic heterocycles. The quantitative estimate of drug-likeness (QED) is 0.757. The fourth-order valence-electron chi connectivity index (χ4n) is 2.37. The first kappa shape index (κ1) is 16.1. The van der Waals surface area contributed by atoms with E-state index in [0.717, 1.165) is 18.0 Å². The molecule has 1 unspecified atom stereocenters. The summed E-state index contributed by atoms with van der Waals surface area (Å²) in [6, 6.07) is 17.4. The molecule has 0 fully saturated rings. The standard InChI is InChI=1S/C19H24ClN/c1-14(2)17-6-8-18(9-7-17)15(3)21-13-12-16-4-10-19(20)11-5-16/h4-11,14-15,21H,12-13H2,1-3H3. The average molecular weight is 302 g/mol. The highest BCUT2D eigenvalue weighted by atomic mass is 35.5. The van der Waals surface area contributed by atoms with E-state index in [1.807, 2.05) is 12.1 Å². The van der Waals surface area contributed by atoms with E-state index in [-0.39, 0.29) is 0 Å². The third kappa shape index (κ3) is 4.87. The van der Waals surface area contributed by atoms with Gasteiger partial charge in [-0.05, 0) is 54.6 Å². The number of hydrogen-bond donors (Lipinski definition) is 1. The van der Waals surface area contributed by atoms with E-state index in [9.17, 15) is 0 Å². The molecule has 0 heterocycles. The maximum absolute atomic E-state index is 5.90. The summed E-state index contributed by atoms with van der Waals surface area (Å²) in [5.41, 5.74) is 4.05. The smallest absolute Gasteiger partial charge is 0.0406 e. The van der Waals surface area contributed by atoms with Crippen molar-refractivity contribution in [3.8, 4) is 0 Å². The lowest BCUT2D eigenvalue weighted by Gasteiger charge is -2.15. The van der Waals surface area contributed by atoms with Gasteiger partial charge < -0.3 is 5.32 Å². The van der Waals surface area contributed by atoms with Crippen LogP contribution in [0.25, 0.3) is 0 Å². The molecule has 0 aromatic heterocycles. The minimum absolute atomic E-state index is 0.374. The summed E-state index contributed by atoms with van der Waals surface area (Å²) in [6.45, 7) is 7.63. The van der Waals surface area contributed by atoms with Gasteiger partial charge in [0.1, 0.15) is 0 Å². The molecule has 0 aliphatic carbocycles. The van der Waals surface area contributed by atoms with E-state index in [1.165, 1.54) is 16.7 Å². The fraction of sp³-hybridized carbons (Fsp3) is 0.368. The van der Waals surface area contributed by atoms with Gasteiger partial charge >= 0.3 is 0 Å². The van der Waals surface area contributed by atoms with Crippen LogP contribution in [0, 0.1) is 0 Å². The van der Waals surface area contributed by atoms with Crippen LogP contribution in [0.15, 0.2) is 48.5 Å². The Bertz CT molecular complexity index is 543. The summed E-state index contributed by atoms with van der Waals surface area (Å²) in [7, 11) is 0. The van der Waals surface area contributed by atoms with Crippen LogP contribution in [0.4, 0.5) is 0 Å². The molecule has 0 aliphatic rings.